The maximum atomic E-state index is 13.2. The van der Waals surface area contributed by atoms with Crippen molar-refractivity contribution < 1.29 is 33.6 Å². The van der Waals surface area contributed by atoms with Crippen LogP contribution < -0.4 is 5.32 Å². The van der Waals surface area contributed by atoms with Gasteiger partial charge >= 0.3 is 12.1 Å². The molecule has 2 bridgehead atoms. The zero-order chi connectivity index (χ0) is 26.9. The van der Waals surface area contributed by atoms with Gasteiger partial charge in [-0.15, -0.1) is 5.10 Å². The van der Waals surface area contributed by atoms with Crippen LogP contribution in [-0.4, -0.2) is 75.1 Å². The Kier molecular flexibility index (Phi) is 7.81. The number of rotatable bonds is 4. The molecule has 0 radical (unpaired) electrons. The van der Waals surface area contributed by atoms with E-state index in [1.54, 1.807) is 6.92 Å². The van der Waals surface area contributed by atoms with E-state index in [0.717, 1.165) is 11.1 Å². The van der Waals surface area contributed by atoms with E-state index in [0.29, 0.717) is 0 Å². The molecular weight excluding hydrogens is 482 g/mol. The van der Waals surface area contributed by atoms with Crippen LogP contribution in [0.4, 0.5) is 10.7 Å². The first-order chi connectivity index (χ1) is 17.6. The molecule has 12 heteroatoms. The van der Waals surface area contributed by atoms with Gasteiger partial charge in [0.05, 0.1) is 0 Å². The van der Waals surface area contributed by atoms with Crippen LogP contribution in [-0.2, 0) is 23.7 Å². The molecule has 0 fully saturated rings. The fourth-order valence-electron chi connectivity index (χ4n) is 5.34. The SMILES string of the molecule is CO[C@H]1C[C@H]2C=CC3=C[C@@]2(OC(O)[C@@H](C)[C@H]3C)/C(C)=C/C(C)[C@@H](C(C)OC(=O)Nc2nn[nH]n2)OC1=O. The summed E-state index contributed by atoms with van der Waals surface area (Å²) in [6, 6.07) is 0. The minimum absolute atomic E-state index is 0.0472. The highest BCUT2D eigenvalue weighted by molar-refractivity contribution is 5.82. The molecule has 4 rings (SSSR count). The monoisotopic (exact) mass is 517 g/mol. The van der Waals surface area contributed by atoms with E-state index < -0.39 is 42.3 Å². The van der Waals surface area contributed by atoms with E-state index in [4.69, 9.17) is 18.9 Å². The number of H-pyrrole nitrogens is 1. The van der Waals surface area contributed by atoms with Crippen LogP contribution in [0.1, 0.15) is 41.0 Å². The third-order valence-electron chi connectivity index (χ3n) is 7.76. The van der Waals surface area contributed by atoms with Gasteiger partial charge in [-0.3, -0.25) is 5.32 Å². The quantitative estimate of drug-likeness (QED) is 0.400. The molecule has 3 heterocycles. The van der Waals surface area contributed by atoms with Crippen molar-refractivity contribution in [1.29, 1.82) is 0 Å². The van der Waals surface area contributed by atoms with Gasteiger partial charge in [-0.25, -0.2) is 9.59 Å². The van der Waals surface area contributed by atoms with Crippen LogP contribution in [0.15, 0.2) is 35.5 Å². The van der Waals surface area contributed by atoms with E-state index in [1.807, 2.05) is 39.0 Å². The molecular formula is C25H35N5O7. The highest BCUT2D eigenvalue weighted by Crippen LogP contribution is 2.47. The summed E-state index contributed by atoms with van der Waals surface area (Å²) in [5.74, 6) is -1.34. The third-order valence-corrected chi connectivity index (χ3v) is 7.76. The molecule has 3 unspecified atom stereocenters. The number of ether oxygens (including phenoxy) is 4. The third kappa shape index (κ3) is 5.32. The molecule has 0 saturated carbocycles. The normalized spacial score (nSPS) is 38.1. The van der Waals surface area contributed by atoms with Crippen molar-refractivity contribution in [3.05, 3.63) is 35.5 Å². The second kappa shape index (κ2) is 10.7. The molecule has 202 valence electrons. The number of aliphatic hydroxyl groups excluding tert-OH is 1. The number of hydrogen-bond acceptors (Lipinski definition) is 10. The fraction of sp³-hybridized carbons (Fsp3) is 0.640. The number of carbonyl (C=O) groups is 2. The number of hydrogen-bond donors (Lipinski definition) is 3. The molecule has 1 aromatic rings. The Balaban J connectivity index is 1.68. The highest BCUT2D eigenvalue weighted by Gasteiger charge is 2.49. The van der Waals surface area contributed by atoms with Crippen LogP contribution in [0.5, 0.6) is 0 Å². The lowest BCUT2D eigenvalue weighted by Crippen LogP contribution is -2.48. The Morgan fingerprint density at radius 2 is 2.11 bits per heavy atom. The van der Waals surface area contributed by atoms with E-state index >= 15 is 0 Å². The average molecular weight is 518 g/mol. The molecule has 0 aromatic carbocycles. The fourth-order valence-corrected chi connectivity index (χ4v) is 5.34. The van der Waals surface area contributed by atoms with Crippen molar-refractivity contribution >= 4 is 18.0 Å². The molecule has 0 saturated heterocycles. The van der Waals surface area contributed by atoms with Gasteiger partial charge < -0.3 is 24.1 Å². The molecule has 37 heavy (non-hydrogen) atoms. The van der Waals surface area contributed by atoms with Crippen molar-refractivity contribution in [2.24, 2.45) is 23.7 Å². The van der Waals surface area contributed by atoms with Gasteiger partial charge in [0.15, 0.2) is 12.4 Å². The number of carbonyl (C=O) groups excluding carboxylic acids is 2. The zero-order valence-electron chi connectivity index (χ0n) is 21.9. The number of methoxy groups -OCH3 is 1. The number of allylic oxidation sites excluding steroid dienone is 2. The number of aliphatic hydroxyl groups is 1. The Labute approximate surface area is 215 Å². The second-order valence-electron chi connectivity index (χ2n) is 10.1. The highest BCUT2D eigenvalue weighted by atomic mass is 16.6. The van der Waals surface area contributed by atoms with Crippen molar-refractivity contribution in [1.82, 2.24) is 20.6 Å². The molecule has 3 aliphatic rings. The Bertz CT molecular complexity index is 1090. The zero-order valence-corrected chi connectivity index (χ0v) is 21.9. The topological polar surface area (TPSA) is 158 Å². The predicted octanol–water partition coefficient (Wildman–Crippen LogP) is 2.52. The standard InChI is InChI=1S/C25H35N5O7/c1-12-9-13(2)25-11-17(14(3)15(4)21(31)37-25)7-8-18(25)10-19(34-6)22(32)36-20(12)16(5)35-24(33)26-23-27-29-30-28-23/h7-9,11-12,14-16,18-21,31H,10H2,1-6H3,(H2,26,27,28,29,30,33)/b13-9+/t12?,14-,15+,16?,18-,19+,20+,21?,25-/m1/s1. The first-order valence-electron chi connectivity index (χ1n) is 12.5. The number of nitrogens with zero attached hydrogens (tertiary/aromatic N) is 3. The summed E-state index contributed by atoms with van der Waals surface area (Å²) >= 11 is 0. The van der Waals surface area contributed by atoms with Crippen LogP contribution in [0.25, 0.3) is 0 Å². The van der Waals surface area contributed by atoms with Crippen molar-refractivity contribution in [2.75, 3.05) is 12.4 Å². The molecule has 9 atom stereocenters. The van der Waals surface area contributed by atoms with E-state index in [-0.39, 0.29) is 36.0 Å². The number of anilines is 1. The van der Waals surface area contributed by atoms with Gasteiger partial charge in [-0.05, 0) is 48.6 Å². The molecule has 2 aliphatic heterocycles. The van der Waals surface area contributed by atoms with E-state index in [1.165, 1.54) is 7.11 Å². The lowest BCUT2D eigenvalue weighted by molar-refractivity contribution is -0.195. The molecule has 3 N–H and O–H groups in total. The van der Waals surface area contributed by atoms with Gasteiger partial charge in [0.25, 0.3) is 5.95 Å². The van der Waals surface area contributed by atoms with E-state index in [9.17, 15) is 14.7 Å². The van der Waals surface area contributed by atoms with Gasteiger partial charge in [0, 0.05) is 24.9 Å². The first-order valence-corrected chi connectivity index (χ1v) is 12.5. The van der Waals surface area contributed by atoms with Crippen molar-refractivity contribution in [2.45, 2.75) is 71.2 Å². The molecule has 1 aromatic heterocycles. The Morgan fingerprint density at radius 3 is 2.78 bits per heavy atom. The molecule has 12 nitrogen and oxygen atoms in total. The number of aromatic nitrogens is 4. The minimum Gasteiger partial charge on any atom is -0.456 e. The lowest BCUT2D eigenvalue weighted by Gasteiger charge is -2.43. The van der Waals surface area contributed by atoms with Gasteiger partial charge in [-0.2, -0.15) is 5.21 Å². The maximum Gasteiger partial charge on any atom is 0.414 e. The van der Waals surface area contributed by atoms with Crippen LogP contribution in [0.2, 0.25) is 0 Å². The summed E-state index contributed by atoms with van der Waals surface area (Å²) in [4.78, 5) is 25.6. The number of nitrogens with one attached hydrogen (secondary N) is 2. The molecule has 1 aliphatic carbocycles. The second-order valence-corrected chi connectivity index (χ2v) is 10.1. The van der Waals surface area contributed by atoms with E-state index in [2.05, 4.69) is 38.9 Å². The number of tetrazole rings is 1. The molecule has 1 amide bonds. The number of aromatic amines is 1. The predicted molar refractivity (Wildman–Crippen MR) is 131 cm³/mol. The van der Waals surface area contributed by atoms with Crippen LogP contribution in [0, 0.1) is 23.7 Å². The Morgan fingerprint density at radius 1 is 1.35 bits per heavy atom. The number of cyclic esters (lactones) is 1. The average Bonchev–Trinajstić information content (AvgIpc) is 3.34. The number of amides is 1. The summed E-state index contributed by atoms with van der Waals surface area (Å²) in [6.45, 7) is 9.48. The lowest BCUT2D eigenvalue weighted by atomic mass is 9.71. The van der Waals surface area contributed by atoms with Gasteiger partial charge in [0.2, 0.25) is 0 Å². The molecule has 1 spiro atoms. The summed E-state index contributed by atoms with van der Waals surface area (Å²) in [5, 5.41) is 26.3. The first kappa shape index (κ1) is 27.0. The largest absolute Gasteiger partial charge is 0.456 e. The summed E-state index contributed by atoms with van der Waals surface area (Å²) in [6.07, 6.45) is 3.98. The van der Waals surface area contributed by atoms with Gasteiger partial charge in [-0.1, -0.05) is 44.1 Å². The number of esters is 1. The smallest absolute Gasteiger partial charge is 0.414 e. The Hall–Kier alpha value is -3.09. The van der Waals surface area contributed by atoms with Crippen molar-refractivity contribution in [3.8, 4) is 0 Å². The summed E-state index contributed by atoms with van der Waals surface area (Å²) in [5.41, 5.74) is 0.949. The van der Waals surface area contributed by atoms with Gasteiger partial charge in [0.1, 0.15) is 17.8 Å². The minimum atomic E-state index is -1.01. The van der Waals surface area contributed by atoms with Crippen molar-refractivity contribution in [3.63, 3.8) is 0 Å². The van der Waals surface area contributed by atoms with Crippen LogP contribution in [0.3, 0.4) is 0 Å². The maximum absolute atomic E-state index is 13.2. The van der Waals surface area contributed by atoms with Crippen LogP contribution >= 0.6 is 0 Å². The summed E-state index contributed by atoms with van der Waals surface area (Å²) in [7, 11) is 1.45. The summed E-state index contributed by atoms with van der Waals surface area (Å²) < 4.78 is 23.3.